The Morgan fingerprint density at radius 2 is 2.17 bits per heavy atom. The van der Waals surface area contributed by atoms with E-state index in [2.05, 4.69) is 15.5 Å². The number of carbonyl (C=O) groups is 1. The predicted molar refractivity (Wildman–Crippen MR) is 90.7 cm³/mol. The summed E-state index contributed by atoms with van der Waals surface area (Å²) >= 11 is 0. The van der Waals surface area contributed by atoms with Crippen molar-refractivity contribution in [1.82, 2.24) is 19.6 Å². The van der Waals surface area contributed by atoms with Crippen LogP contribution >= 0.6 is 0 Å². The molecule has 0 aromatic carbocycles. The summed E-state index contributed by atoms with van der Waals surface area (Å²) < 4.78 is 3.76. The molecule has 0 bridgehead atoms. The first kappa shape index (κ1) is 16.7. The number of nitrogens with zero attached hydrogens (tertiary/aromatic N) is 4. The molecule has 1 aliphatic rings. The summed E-state index contributed by atoms with van der Waals surface area (Å²) in [6, 6.07) is 1.77. The molecule has 1 fully saturated rings. The summed E-state index contributed by atoms with van der Waals surface area (Å²) in [4.78, 5) is 12.3. The fourth-order valence-electron chi connectivity index (χ4n) is 2.85. The van der Waals surface area contributed by atoms with E-state index in [1.54, 1.807) is 16.9 Å². The second-order valence-electron chi connectivity index (χ2n) is 6.54. The Morgan fingerprint density at radius 3 is 2.88 bits per heavy atom. The van der Waals surface area contributed by atoms with Crippen LogP contribution in [-0.4, -0.2) is 37.2 Å². The van der Waals surface area contributed by atoms with Crippen LogP contribution in [-0.2, 0) is 24.3 Å². The molecule has 0 unspecified atom stereocenters. The number of carbonyl (C=O) groups excluding carboxylic acids is 1. The minimum absolute atomic E-state index is 0.0837. The van der Waals surface area contributed by atoms with Crippen LogP contribution in [0.15, 0.2) is 12.3 Å². The third-order valence-electron chi connectivity index (χ3n) is 4.45. The molecule has 130 valence electrons. The highest BCUT2D eigenvalue weighted by Crippen LogP contribution is 2.31. The van der Waals surface area contributed by atoms with Crippen LogP contribution in [0.4, 0.5) is 5.82 Å². The van der Waals surface area contributed by atoms with Gasteiger partial charge in [-0.2, -0.15) is 10.2 Å². The Hall–Kier alpha value is -2.15. The lowest BCUT2D eigenvalue weighted by Gasteiger charge is -2.05. The summed E-state index contributed by atoms with van der Waals surface area (Å²) in [7, 11) is 0. The van der Waals surface area contributed by atoms with Crippen molar-refractivity contribution in [3.05, 3.63) is 29.2 Å². The average molecular weight is 331 g/mol. The molecule has 1 amide bonds. The second-order valence-corrected chi connectivity index (χ2v) is 6.54. The van der Waals surface area contributed by atoms with Crippen LogP contribution in [0, 0.1) is 19.8 Å². The van der Waals surface area contributed by atoms with Gasteiger partial charge >= 0.3 is 0 Å². The largest absolute Gasteiger partial charge is 0.396 e. The van der Waals surface area contributed by atoms with E-state index < -0.39 is 0 Å². The summed E-state index contributed by atoms with van der Waals surface area (Å²) in [5, 5.41) is 20.5. The van der Waals surface area contributed by atoms with Gasteiger partial charge in [0.05, 0.1) is 12.1 Å². The number of amides is 1. The zero-order chi connectivity index (χ0) is 17.1. The number of hydrogen-bond acceptors (Lipinski definition) is 4. The third-order valence-corrected chi connectivity index (χ3v) is 4.45. The summed E-state index contributed by atoms with van der Waals surface area (Å²) in [6.45, 7) is 5.73. The van der Waals surface area contributed by atoms with Gasteiger partial charge in [-0.25, -0.2) is 0 Å². The van der Waals surface area contributed by atoms with E-state index in [1.165, 1.54) is 12.8 Å². The Morgan fingerprint density at radius 1 is 1.38 bits per heavy atom. The van der Waals surface area contributed by atoms with E-state index in [4.69, 9.17) is 5.11 Å². The first-order valence-electron chi connectivity index (χ1n) is 8.54. The maximum Gasteiger partial charge on any atom is 0.230 e. The molecule has 0 saturated heterocycles. The van der Waals surface area contributed by atoms with Gasteiger partial charge in [0.1, 0.15) is 0 Å². The lowest BCUT2D eigenvalue weighted by molar-refractivity contribution is -0.115. The molecular weight excluding hydrogens is 306 g/mol. The topological polar surface area (TPSA) is 85.0 Å². The Bertz CT molecular complexity index is 715. The maximum atomic E-state index is 12.3. The molecule has 7 nitrogen and oxygen atoms in total. The van der Waals surface area contributed by atoms with Crippen LogP contribution in [0.25, 0.3) is 0 Å². The van der Waals surface area contributed by atoms with Crippen LogP contribution < -0.4 is 5.32 Å². The highest BCUT2D eigenvalue weighted by atomic mass is 16.3. The zero-order valence-electron chi connectivity index (χ0n) is 14.3. The van der Waals surface area contributed by atoms with E-state index in [0.29, 0.717) is 25.2 Å². The average Bonchev–Trinajstić information content (AvgIpc) is 3.20. The first-order chi connectivity index (χ1) is 11.6. The summed E-state index contributed by atoms with van der Waals surface area (Å²) in [5.74, 6) is 1.21. The van der Waals surface area contributed by atoms with Crippen molar-refractivity contribution in [2.75, 3.05) is 11.9 Å². The molecule has 7 heteroatoms. The Labute approximate surface area is 141 Å². The van der Waals surface area contributed by atoms with E-state index in [-0.39, 0.29) is 12.5 Å². The van der Waals surface area contributed by atoms with Gasteiger partial charge < -0.3 is 10.4 Å². The Kier molecular flexibility index (Phi) is 4.99. The Balaban J connectivity index is 1.60. The van der Waals surface area contributed by atoms with E-state index in [9.17, 15) is 4.79 Å². The molecule has 2 aromatic heterocycles. The van der Waals surface area contributed by atoms with Crippen LogP contribution in [0.1, 0.15) is 36.2 Å². The number of aliphatic hydroxyl groups is 1. The highest BCUT2D eigenvalue weighted by molar-refractivity contribution is 5.91. The van der Waals surface area contributed by atoms with Crippen LogP contribution in [0.2, 0.25) is 0 Å². The van der Waals surface area contributed by atoms with Crippen molar-refractivity contribution in [2.24, 2.45) is 5.92 Å². The number of aliphatic hydroxyl groups excluding tert-OH is 1. The summed E-state index contributed by atoms with van der Waals surface area (Å²) in [5.41, 5.74) is 3.02. The van der Waals surface area contributed by atoms with E-state index in [1.807, 2.05) is 18.5 Å². The van der Waals surface area contributed by atoms with Gasteiger partial charge in [-0.3, -0.25) is 14.2 Å². The third kappa shape index (κ3) is 4.03. The second kappa shape index (κ2) is 7.17. The molecular formula is C17H25N5O2. The minimum Gasteiger partial charge on any atom is -0.396 e. The van der Waals surface area contributed by atoms with Gasteiger partial charge in [0, 0.05) is 43.2 Å². The van der Waals surface area contributed by atoms with Gasteiger partial charge in [0.15, 0.2) is 5.82 Å². The molecule has 0 aliphatic heterocycles. The molecule has 24 heavy (non-hydrogen) atoms. The quantitative estimate of drug-likeness (QED) is 0.770. The van der Waals surface area contributed by atoms with Crippen molar-refractivity contribution in [2.45, 2.75) is 52.6 Å². The number of hydrogen-bond donors (Lipinski definition) is 2. The molecule has 1 saturated carbocycles. The molecule has 0 radical (unpaired) electrons. The number of nitrogens with one attached hydrogen (secondary N) is 1. The lowest BCUT2D eigenvalue weighted by atomic mass is 10.1. The van der Waals surface area contributed by atoms with E-state index in [0.717, 1.165) is 29.4 Å². The van der Waals surface area contributed by atoms with Crippen molar-refractivity contribution in [3.8, 4) is 0 Å². The standard InChI is InChI=1S/C17H25N5O2/c1-12-15(13(2)22(19-12)11-14-4-5-14)10-17(24)18-16-6-8-21(20-16)7-3-9-23/h6,8,14,23H,3-5,7,9-11H2,1-2H3,(H,18,20,24). The van der Waals surface area contributed by atoms with E-state index >= 15 is 0 Å². The molecule has 0 atom stereocenters. The zero-order valence-corrected chi connectivity index (χ0v) is 14.3. The normalized spacial score (nSPS) is 14.1. The number of aromatic nitrogens is 4. The lowest BCUT2D eigenvalue weighted by Crippen LogP contribution is -2.16. The van der Waals surface area contributed by atoms with Crippen LogP contribution in [0.5, 0.6) is 0 Å². The molecule has 1 aliphatic carbocycles. The minimum atomic E-state index is -0.0837. The number of rotatable bonds is 8. The van der Waals surface area contributed by atoms with Gasteiger partial charge in [0.2, 0.25) is 5.91 Å². The maximum absolute atomic E-state index is 12.3. The number of aryl methyl sites for hydroxylation is 2. The molecule has 2 heterocycles. The fraction of sp³-hybridized carbons (Fsp3) is 0.588. The molecule has 3 rings (SSSR count). The molecule has 0 spiro atoms. The van der Waals surface area contributed by atoms with Crippen LogP contribution in [0.3, 0.4) is 0 Å². The van der Waals surface area contributed by atoms with Crippen molar-refractivity contribution >= 4 is 11.7 Å². The molecule has 2 N–H and O–H groups in total. The SMILES string of the molecule is Cc1nn(CC2CC2)c(C)c1CC(=O)Nc1ccn(CCCO)n1. The number of anilines is 1. The first-order valence-corrected chi connectivity index (χ1v) is 8.54. The van der Waals surface area contributed by atoms with Gasteiger partial charge in [-0.05, 0) is 39.0 Å². The summed E-state index contributed by atoms with van der Waals surface area (Å²) in [6.07, 6.45) is 5.33. The van der Waals surface area contributed by atoms with Gasteiger partial charge in [0.25, 0.3) is 0 Å². The van der Waals surface area contributed by atoms with Crippen molar-refractivity contribution in [3.63, 3.8) is 0 Å². The predicted octanol–water partition coefficient (Wildman–Crippen LogP) is 1.67. The van der Waals surface area contributed by atoms with Crippen molar-refractivity contribution < 1.29 is 9.90 Å². The van der Waals surface area contributed by atoms with Gasteiger partial charge in [-0.15, -0.1) is 0 Å². The van der Waals surface area contributed by atoms with Gasteiger partial charge in [-0.1, -0.05) is 0 Å². The fourth-order valence-corrected chi connectivity index (χ4v) is 2.85. The smallest absolute Gasteiger partial charge is 0.230 e. The highest BCUT2D eigenvalue weighted by Gasteiger charge is 2.24. The van der Waals surface area contributed by atoms with Crippen molar-refractivity contribution in [1.29, 1.82) is 0 Å². The molecule has 2 aromatic rings. The monoisotopic (exact) mass is 331 g/mol.